The lowest BCUT2D eigenvalue weighted by atomic mass is 10.1. The van der Waals surface area contributed by atoms with E-state index in [1.807, 2.05) is 24.8 Å². The third-order valence-electron chi connectivity index (χ3n) is 3.60. The standard InChI is InChI=1S/C14H18N4O2.ClH/c1-9-8-11(12-10(2)17-20-13(12)16-9)14(19)18-6-3-4-15-5-7-18;/h8,15H,3-7H2,1-2H3;1H. The highest BCUT2D eigenvalue weighted by atomic mass is 35.5. The first-order valence-corrected chi connectivity index (χ1v) is 6.90. The number of rotatable bonds is 1. The summed E-state index contributed by atoms with van der Waals surface area (Å²) < 4.78 is 5.19. The Balaban J connectivity index is 0.00000161. The van der Waals surface area contributed by atoms with Gasteiger partial charge in [-0.25, -0.2) is 4.98 Å². The van der Waals surface area contributed by atoms with Crippen LogP contribution in [0.25, 0.3) is 11.1 Å². The maximum absolute atomic E-state index is 12.8. The molecule has 114 valence electrons. The van der Waals surface area contributed by atoms with E-state index in [4.69, 9.17) is 4.52 Å². The van der Waals surface area contributed by atoms with Crippen molar-refractivity contribution in [1.82, 2.24) is 20.4 Å². The maximum Gasteiger partial charge on any atom is 0.258 e. The molecule has 1 amide bonds. The van der Waals surface area contributed by atoms with Crippen LogP contribution in [0, 0.1) is 13.8 Å². The van der Waals surface area contributed by atoms with Gasteiger partial charge in [0.25, 0.3) is 11.6 Å². The molecule has 0 saturated carbocycles. The van der Waals surface area contributed by atoms with Gasteiger partial charge in [-0.05, 0) is 32.9 Å². The Labute approximate surface area is 129 Å². The SMILES string of the molecule is Cc1cc(C(=O)N2CCCNCC2)c2c(C)noc2n1.Cl. The fourth-order valence-electron chi connectivity index (χ4n) is 2.61. The van der Waals surface area contributed by atoms with E-state index in [-0.39, 0.29) is 18.3 Å². The van der Waals surface area contributed by atoms with Crippen LogP contribution in [-0.4, -0.2) is 47.1 Å². The highest BCUT2D eigenvalue weighted by molar-refractivity contribution is 6.06. The minimum Gasteiger partial charge on any atom is -0.337 e. The van der Waals surface area contributed by atoms with E-state index in [0.717, 1.165) is 43.7 Å². The number of amides is 1. The Morgan fingerprint density at radius 3 is 2.95 bits per heavy atom. The van der Waals surface area contributed by atoms with Crippen LogP contribution in [0.1, 0.15) is 28.2 Å². The van der Waals surface area contributed by atoms with Crippen LogP contribution in [0.2, 0.25) is 0 Å². The molecule has 6 nitrogen and oxygen atoms in total. The Kier molecular flexibility index (Phi) is 4.80. The topological polar surface area (TPSA) is 71.3 Å². The fraction of sp³-hybridized carbons (Fsp3) is 0.500. The second-order valence-electron chi connectivity index (χ2n) is 5.16. The number of aryl methyl sites for hydroxylation is 2. The van der Waals surface area contributed by atoms with Gasteiger partial charge in [-0.15, -0.1) is 12.4 Å². The van der Waals surface area contributed by atoms with Crippen LogP contribution in [0.3, 0.4) is 0 Å². The van der Waals surface area contributed by atoms with E-state index in [1.54, 1.807) is 0 Å². The van der Waals surface area contributed by atoms with Gasteiger partial charge in [-0.1, -0.05) is 5.16 Å². The number of nitrogens with one attached hydrogen (secondary N) is 1. The number of hydrogen-bond donors (Lipinski definition) is 1. The highest BCUT2D eigenvalue weighted by Gasteiger charge is 2.22. The lowest BCUT2D eigenvalue weighted by Crippen LogP contribution is -2.34. The number of aromatic nitrogens is 2. The number of pyridine rings is 1. The Bertz CT molecular complexity index is 648. The summed E-state index contributed by atoms with van der Waals surface area (Å²) in [6, 6.07) is 1.83. The van der Waals surface area contributed by atoms with Crippen LogP contribution >= 0.6 is 12.4 Å². The molecule has 0 unspecified atom stereocenters. The van der Waals surface area contributed by atoms with Gasteiger partial charge in [0.05, 0.1) is 16.6 Å². The molecule has 0 aromatic carbocycles. The summed E-state index contributed by atoms with van der Waals surface area (Å²) in [5.74, 6) is 0.0375. The second kappa shape index (κ2) is 6.41. The zero-order valence-corrected chi connectivity index (χ0v) is 13.0. The molecule has 2 aromatic rings. The van der Waals surface area contributed by atoms with Gasteiger partial charge in [-0.3, -0.25) is 4.79 Å². The molecule has 1 aliphatic heterocycles. The van der Waals surface area contributed by atoms with Crippen molar-refractivity contribution in [2.75, 3.05) is 26.2 Å². The van der Waals surface area contributed by atoms with Gasteiger partial charge in [0.1, 0.15) is 0 Å². The summed E-state index contributed by atoms with van der Waals surface area (Å²) in [6.07, 6.45) is 0.974. The first-order chi connectivity index (χ1) is 9.66. The van der Waals surface area contributed by atoms with Crippen LogP contribution in [0.5, 0.6) is 0 Å². The quantitative estimate of drug-likeness (QED) is 0.868. The normalized spacial score (nSPS) is 15.6. The molecule has 0 aliphatic carbocycles. The summed E-state index contributed by atoms with van der Waals surface area (Å²) in [4.78, 5) is 19.0. The molecule has 1 fully saturated rings. The first kappa shape index (κ1) is 15.7. The van der Waals surface area contributed by atoms with Gasteiger partial charge in [0.15, 0.2) is 0 Å². The van der Waals surface area contributed by atoms with E-state index < -0.39 is 0 Å². The number of hydrogen-bond acceptors (Lipinski definition) is 5. The molecule has 0 atom stereocenters. The van der Waals surface area contributed by atoms with Crippen molar-refractivity contribution in [3.8, 4) is 0 Å². The molecule has 2 aromatic heterocycles. The van der Waals surface area contributed by atoms with E-state index in [0.29, 0.717) is 17.0 Å². The zero-order valence-electron chi connectivity index (χ0n) is 12.2. The number of carbonyl (C=O) groups excluding carboxylic acids is 1. The highest BCUT2D eigenvalue weighted by Crippen LogP contribution is 2.23. The van der Waals surface area contributed by atoms with Gasteiger partial charge < -0.3 is 14.7 Å². The zero-order chi connectivity index (χ0) is 14.1. The fourth-order valence-corrected chi connectivity index (χ4v) is 2.61. The Morgan fingerprint density at radius 1 is 1.33 bits per heavy atom. The van der Waals surface area contributed by atoms with Crippen molar-refractivity contribution in [3.05, 3.63) is 23.0 Å². The Morgan fingerprint density at radius 2 is 2.14 bits per heavy atom. The summed E-state index contributed by atoms with van der Waals surface area (Å²) >= 11 is 0. The maximum atomic E-state index is 12.8. The van der Waals surface area contributed by atoms with Crippen molar-refractivity contribution in [3.63, 3.8) is 0 Å². The predicted octanol–water partition coefficient (Wildman–Crippen LogP) is 1.70. The first-order valence-electron chi connectivity index (χ1n) is 6.90. The third-order valence-corrected chi connectivity index (χ3v) is 3.60. The van der Waals surface area contributed by atoms with Crippen LogP contribution in [-0.2, 0) is 0 Å². The molecule has 0 spiro atoms. The van der Waals surface area contributed by atoms with E-state index in [9.17, 15) is 4.79 Å². The molecule has 3 heterocycles. The van der Waals surface area contributed by atoms with Crippen LogP contribution in [0.4, 0.5) is 0 Å². The minimum absolute atomic E-state index is 0. The van der Waals surface area contributed by atoms with Crippen LogP contribution < -0.4 is 5.32 Å². The van der Waals surface area contributed by atoms with Crippen molar-refractivity contribution in [2.24, 2.45) is 0 Å². The minimum atomic E-state index is 0. The molecule has 0 bridgehead atoms. The summed E-state index contributed by atoms with van der Waals surface area (Å²) in [5.41, 5.74) is 2.57. The lowest BCUT2D eigenvalue weighted by molar-refractivity contribution is 0.0768. The summed E-state index contributed by atoms with van der Waals surface area (Å²) in [6.45, 7) is 7.00. The molecule has 21 heavy (non-hydrogen) atoms. The summed E-state index contributed by atoms with van der Waals surface area (Å²) in [5, 5.41) is 7.96. The molecule has 1 saturated heterocycles. The van der Waals surface area contributed by atoms with Crippen LogP contribution in [0.15, 0.2) is 10.6 Å². The van der Waals surface area contributed by atoms with Crippen molar-refractivity contribution in [1.29, 1.82) is 0 Å². The molecule has 0 radical (unpaired) electrons. The van der Waals surface area contributed by atoms with E-state index in [1.165, 1.54) is 0 Å². The largest absolute Gasteiger partial charge is 0.337 e. The van der Waals surface area contributed by atoms with Gasteiger partial charge >= 0.3 is 0 Å². The van der Waals surface area contributed by atoms with Crippen molar-refractivity contribution >= 4 is 29.4 Å². The average molecular weight is 311 g/mol. The molecule has 1 N–H and O–H groups in total. The monoisotopic (exact) mass is 310 g/mol. The number of nitrogens with zero attached hydrogens (tertiary/aromatic N) is 3. The van der Waals surface area contributed by atoms with Gasteiger partial charge in [-0.2, -0.15) is 0 Å². The second-order valence-corrected chi connectivity index (χ2v) is 5.16. The van der Waals surface area contributed by atoms with E-state index in [2.05, 4.69) is 15.5 Å². The third kappa shape index (κ3) is 3.01. The predicted molar refractivity (Wildman–Crippen MR) is 81.9 cm³/mol. The number of fused-ring (bicyclic) bond motifs is 1. The Hall–Kier alpha value is -1.66. The molecule has 1 aliphatic rings. The van der Waals surface area contributed by atoms with Crippen molar-refractivity contribution < 1.29 is 9.32 Å². The molecule has 7 heteroatoms. The average Bonchev–Trinajstić information content (AvgIpc) is 2.68. The van der Waals surface area contributed by atoms with Gasteiger partial charge in [0.2, 0.25) is 0 Å². The number of carbonyl (C=O) groups is 1. The van der Waals surface area contributed by atoms with Gasteiger partial charge in [0, 0.05) is 25.3 Å². The smallest absolute Gasteiger partial charge is 0.258 e. The lowest BCUT2D eigenvalue weighted by Gasteiger charge is -2.20. The van der Waals surface area contributed by atoms with Crippen molar-refractivity contribution in [2.45, 2.75) is 20.3 Å². The summed E-state index contributed by atoms with van der Waals surface area (Å²) in [7, 11) is 0. The molecule has 3 rings (SSSR count). The molecular formula is C14H19ClN4O2. The van der Waals surface area contributed by atoms with E-state index >= 15 is 0 Å². The molecular weight excluding hydrogens is 292 g/mol. The number of halogens is 1.